The average molecular weight is 440 g/mol. The van der Waals surface area contributed by atoms with E-state index in [0.29, 0.717) is 0 Å². The van der Waals surface area contributed by atoms with Gasteiger partial charge in [0.25, 0.3) is 5.69 Å². The summed E-state index contributed by atoms with van der Waals surface area (Å²) in [7, 11) is 0. The lowest BCUT2D eigenvalue weighted by molar-refractivity contribution is -0.384. The fourth-order valence-corrected chi connectivity index (χ4v) is 4.16. The van der Waals surface area contributed by atoms with Crippen LogP contribution in [-0.4, -0.2) is 10.7 Å². The first-order valence-electron chi connectivity index (χ1n) is 11.2. The van der Waals surface area contributed by atoms with Gasteiger partial charge in [-0.25, -0.2) is 0 Å². The molecule has 0 saturated heterocycles. The number of ketones is 1. The Kier molecular flexibility index (Phi) is 5.36. The van der Waals surface area contributed by atoms with E-state index in [4.69, 9.17) is 0 Å². The van der Waals surface area contributed by atoms with Crippen molar-refractivity contribution in [3.8, 4) is 11.1 Å². The molecule has 0 unspecified atom stereocenters. The topological polar surface area (TPSA) is 60.2 Å². The average Bonchev–Trinajstić information content (AvgIpc) is 3.03. The number of nitrogens with zero attached hydrogens (tertiary/aromatic N) is 1. The highest BCUT2D eigenvalue weighted by Gasteiger charge is 2.31. The van der Waals surface area contributed by atoms with E-state index in [2.05, 4.69) is 59.7 Å². The lowest BCUT2D eigenvalue weighted by atomic mass is 9.83. The Morgan fingerprint density at radius 3 is 1.91 bits per heavy atom. The summed E-state index contributed by atoms with van der Waals surface area (Å²) >= 11 is 0. The molecule has 4 heteroatoms. The highest BCUT2D eigenvalue weighted by molar-refractivity contribution is 6.23. The second-order valence-electron chi connectivity index (χ2n) is 10.8. The smallest absolute Gasteiger partial charge is 0.269 e. The van der Waals surface area contributed by atoms with E-state index < -0.39 is 4.92 Å². The number of rotatable bonds is 3. The molecule has 0 aliphatic heterocycles. The molecule has 4 nitrogen and oxygen atoms in total. The predicted octanol–water partition coefficient (Wildman–Crippen LogP) is 7.57. The minimum absolute atomic E-state index is 0.0424. The van der Waals surface area contributed by atoms with Crippen LogP contribution in [0.5, 0.6) is 0 Å². The van der Waals surface area contributed by atoms with Gasteiger partial charge in [0.05, 0.1) is 4.92 Å². The highest BCUT2D eigenvalue weighted by atomic mass is 16.6. The van der Waals surface area contributed by atoms with Crippen molar-refractivity contribution in [2.45, 2.75) is 52.4 Å². The van der Waals surface area contributed by atoms with Crippen molar-refractivity contribution in [3.63, 3.8) is 0 Å². The number of carbonyl (C=O) groups is 1. The highest BCUT2D eigenvalue weighted by Crippen LogP contribution is 2.43. The largest absolute Gasteiger partial charge is 0.289 e. The second-order valence-corrected chi connectivity index (χ2v) is 10.8. The fourth-order valence-electron chi connectivity index (χ4n) is 4.16. The zero-order valence-corrected chi connectivity index (χ0v) is 20.0. The maximum atomic E-state index is 13.5. The number of hydrogen-bond donors (Lipinski definition) is 0. The van der Waals surface area contributed by atoms with Crippen LogP contribution in [0.3, 0.4) is 0 Å². The molecule has 4 rings (SSSR count). The van der Waals surface area contributed by atoms with Gasteiger partial charge in [-0.3, -0.25) is 14.9 Å². The van der Waals surface area contributed by atoms with Crippen molar-refractivity contribution < 1.29 is 9.72 Å². The predicted molar refractivity (Wildman–Crippen MR) is 135 cm³/mol. The van der Waals surface area contributed by atoms with Gasteiger partial charge in [-0.15, -0.1) is 0 Å². The van der Waals surface area contributed by atoms with Crippen LogP contribution in [-0.2, 0) is 10.8 Å². The van der Waals surface area contributed by atoms with Gasteiger partial charge in [-0.05, 0) is 62.9 Å². The Balaban J connectivity index is 1.86. The van der Waals surface area contributed by atoms with Crippen molar-refractivity contribution in [2.75, 3.05) is 0 Å². The second kappa shape index (κ2) is 7.80. The third-order valence-electron chi connectivity index (χ3n) is 6.24. The van der Waals surface area contributed by atoms with Gasteiger partial charge < -0.3 is 0 Å². The minimum atomic E-state index is -0.401. The van der Waals surface area contributed by atoms with Gasteiger partial charge in [0.15, 0.2) is 5.78 Å². The van der Waals surface area contributed by atoms with Crippen molar-refractivity contribution in [3.05, 3.63) is 98.1 Å². The first-order chi connectivity index (χ1) is 15.4. The van der Waals surface area contributed by atoms with Gasteiger partial charge >= 0.3 is 0 Å². The monoisotopic (exact) mass is 439 g/mol. The summed E-state index contributed by atoms with van der Waals surface area (Å²) in [6.07, 6.45) is 3.95. The van der Waals surface area contributed by atoms with E-state index >= 15 is 0 Å². The van der Waals surface area contributed by atoms with Crippen molar-refractivity contribution in [1.29, 1.82) is 0 Å². The summed E-state index contributed by atoms with van der Waals surface area (Å²) < 4.78 is 0. The Bertz CT molecular complexity index is 1300. The molecule has 0 heterocycles. The third-order valence-corrected chi connectivity index (χ3v) is 6.24. The zero-order chi connectivity index (χ0) is 24.1. The first-order valence-corrected chi connectivity index (χ1v) is 11.2. The summed E-state index contributed by atoms with van der Waals surface area (Å²) in [5.74, 6) is 0.0715. The fraction of sp³-hybridized carbons (Fsp3) is 0.276. The van der Waals surface area contributed by atoms with Gasteiger partial charge in [0.2, 0.25) is 0 Å². The summed E-state index contributed by atoms with van der Waals surface area (Å²) in [5, 5.41) is 10.9. The van der Waals surface area contributed by atoms with E-state index in [1.54, 1.807) is 12.1 Å². The number of benzene rings is 3. The lowest BCUT2D eigenvalue weighted by Gasteiger charge is -2.21. The molecule has 0 aromatic heterocycles. The van der Waals surface area contributed by atoms with E-state index in [1.165, 1.54) is 12.1 Å². The molecule has 3 aromatic carbocycles. The number of nitro groups is 1. The Morgan fingerprint density at radius 1 is 0.727 bits per heavy atom. The van der Waals surface area contributed by atoms with Crippen LogP contribution in [0.15, 0.2) is 54.6 Å². The molecule has 0 amide bonds. The van der Waals surface area contributed by atoms with Crippen LogP contribution in [0.25, 0.3) is 23.3 Å². The van der Waals surface area contributed by atoms with Gasteiger partial charge in [-0.1, -0.05) is 71.9 Å². The molecule has 0 N–H and O–H groups in total. The van der Waals surface area contributed by atoms with Crippen molar-refractivity contribution in [1.82, 2.24) is 0 Å². The summed E-state index contributed by atoms with van der Waals surface area (Å²) in [4.78, 5) is 24.0. The first kappa shape index (κ1) is 22.7. The molecule has 0 atom stereocenters. The zero-order valence-electron chi connectivity index (χ0n) is 20.0. The molecule has 1 aliphatic carbocycles. The van der Waals surface area contributed by atoms with Crippen LogP contribution >= 0.6 is 0 Å². The number of hydrogen-bond acceptors (Lipinski definition) is 3. The molecule has 3 aromatic rings. The number of non-ortho nitro benzene ring substituents is 1. The molecule has 33 heavy (non-hydrogen) atoms. The number of nitro benzene ring substituents is 1. The van der Waals surface area contributed by atoms with Gasteiger partial charge in [-0.2, -0.15) is 0 Å². The molecule has 0 radical (unpaired) electrons. The molecule has 0 saturated carbocycles. The Labute approximate surface area is 195 Å². The SMILES string of the molecule is CC(C)(C)c1ccc2c(c1)C(=O)c1cc(C(C)(C)C)cc(/C=C/c3ccc([N+](=O)[O-])cc3)c1-2. The minimum Gasteiger partial charge on any atom is -0.289 e. The number of carbonyl (C=O) groups excluding carboxylic acids is 1. The molecule has 1 aliphatic rings. The normalized spacial score (nSPS) is 13.3. The standard InChI is InChI=1S/C29H29NO3/c1-28(2,3)20-11-14-23-24(16-20)27(31)25-17-21(29(4,5)6)15-19(26(23)25)10-7-18-8-12-22(13-9-18)30(32)33/h7-17H,1-6H3/b10-7+. The van der Waals surface area contributed by atoms with E-state index in [9.17, 15) is 14.9 Å². The van der Waals surface area contributed by atoms with Gasteiger partial charge in [0, 0.05) is 28.8 Å². The van der Waals surface area contributed by atoms with Crippen LogP contribution in [0.4, 0.5) is 5.69 Å². The molecule has 0 fully saturated rings. The number of fused-ring (bicyclic) bond motifs is 3. The summed E-state index contributed by atoms with van der Waals surface area (Å²) in [6.45, 7) is 12.9. The van der Waals surface area contributed by atoms with E-state index in [1.807, 2.05) is 24.3 Å². The van der Waals surface area contributed by atoms with Crippen LogP contribution in [0.2, 0.25) is 0 Å². The quantitative estimate of drug-likeness (QED) is 0.188. The van der Waals surface area contributed by atoms with Crippen LogP contribution in [0, 0.1) is 10.1 Å². The maximum Gasteiger partial charge on any atom is 0.269 e. The Hall–Kier alpha value is -3.53. The molecule has 168 valence electrons. The third kappa shape index (κ3) is 4.25. The molecule has 0 spiro atoms. The Morgan fingerprint density at radius 2 is 1.33 bits per heavy atom. The maximum absolute atomic E-state index is 13.5. The van der Waals surface area contributed by atoms with Crippen molar-refractivity contribution >= 4 is 23.6 Å². The molecular formula is C29H29NO3. The van der Waals surface area contributed by atoms with E-state index in [-0.39, 0.29) is 22.3 Å². The lowest BCUT2D eigenvalue weighted by Crippen LogP contribution is -2.13. The summed E-state index contributed by atoms with van der Waals surface area (Å²) in [6, 6.07) is 16.9. The van der Waals surface area contributed by atoms with Gasteiger partial charge in [0.1, 0.15) is 0 Å². The summed E-state index contributed by atoms with van der Waals surface area (Å²) in [5.41, 5.74) is 7.42. The molecular weight excluding hydrogens is 410 g/mol. The molecule has 0 bridgehead atoms. The van der Waals surface area contributed by atoms with Crippen molar-refractivity contribution in [2.24, 2.45) is 0 Å². The van der Waals surface area contributed by atoms with E-state index in [0.717, 1.165) is 44.5 Å². The van der Waals surface area contributed by atoms with Crippen LogP contribution < -0.4 is 0 Å². The van der Waals surface area contributed by atoms with Crippen LogP contribution in [0.1, 0.15) is 79.7 Å².